The number of thioether (sulfide) groups is 1. The third kappa shape index (κ3) is 5.48. The molecule has 2 aromatic carbocycles. The first-order valence-electron chi connectivity index (χ1n) is 7.35. The first-order chi connectivity index (χ1) is 11.1. The second kappa shape index (κ2) is 8.85. The monoisotopic (exact) mass is 349 g/mol. The molecule has 0 saturated carbocycles. The van der Waals surface area contributed by atoms with Crippen molar-refractivity contribution in [3.63, 3.8) is 0 Å². The van der Waals surface area contributed by atoms with Crippen molar-refractivity contribution in [2.75, 3.05) is 19.4 Å². The zero-order valence-electron chi connectivity index (χ0n) is 13.3. The van der Waals surface area contributed by atoms with Crippen LogP contribution in [0.3, 0.4) is 0 Å². The molecule has 1 amide bonds. The normalized spacial score (nSPS) is 10.4. The smallest absolute Gasteiger partial charge is 0.251 e. The van der Waals surface area contributed by atoms with Gasteiger partial charge in [0.1, 0.15) is 5.75 Å². The van der Waals surface area contributed by atoms with Crippen LogP contribution in [0.1, 0.15) is 21.5 Å². The number of carbonyl (C=O) groups excluding carboxylic acids is 1. The summed E-state index contributed by atoms with van der Waals surface area (Å²) in [6, 6.07) is 13.3. The first-order valence-corrected chi connectivity index (χ1v) is 8.88. The van der Waals surface area contributed by atoms with E-state index < -0.39 is 0 Å². The van der Waals surface area contributed by atoms with Gasteiger partial charge in [0, 0.05) is 28.6 Å². The molecule has 0 aliphatic heterocycles. The Labute approximate surface area is 146 Å². The molecule has 3 nitrogen and oxygen atoms in total. The molecular weight excluding hydrogens is 330 g/mol. The summed E-state index contributed by atoms with van der Waals surface area (Å²) < 4.78 is 5.20. The Morgan fingerprint density at radius 2 is 2.09 bits per heavy atom. The maximum Gasteiger partial charge on any atom is 0.251 e. The van der Waals surface area contributed by atoms with Crippen molar-refractivity contribution in [2.45, 2.75) is 12.7 Å². The molecule has 0 spiro atoms. The van der Waals surface area contributed by atoms with Gasteiger partial charge in [0.15, 0.2) is 0 Å². The van der Waals surface area contributed by atoms with Gasteiger partial charge in [-0.3, -0.25) is 4.79 Å². The van der Waals surface area contributed by atoms with Crippen LogP contribution in [-0.4, -0.2) is 25.3 Å². The Kier molecular flexibility index (Phi) is 6.81. The fraction of sp³-hybridized carbons (Fsp3) is 0.278. The van der Waals surface area contributed by atoms with Crippen molar-refractivity contribution in [3.8, 4) is 5.75 Å². The lowest BCUT2D eigenvalue weighted by atomic mass is 10.1. The molecule has 0 heterocycles. The predicted octanol–water partition coefficient (Wildman–Crippen LogP) is 4.32. The number of benzene rings is 2. The summed E-state index contributed by atoms with van der Waals surface area (Å²) in [5.41, 5.74) is 2.80. The number of methoxy groups -OCH3 is 1. The van der Waals surface area contributed by atoms with Crippen LogP contribution in [0.5, 0.6) is 5.75 Å². The number of carbonyl (C=O) groups is 1. The summed E-state index contributed by atoms with van der Waals surface area (Å²) in [5.74, 6) is 2.48. The minimum atomic E-state index is -0.0564. The zero-order valence-corrected chi connectivity index (χ0v) is 14.8. The second-order valence-electron chi connectivity index (χ2n) is 5.12. The lowest BCUT2D eigenvalue weighted by Crippen LogP contribution is -2.25. The van der Waals surface area contributed by atoms with Gasteiger partial charge in [0.05, 0.1) is 7.11 Å². The van der Waals surface area contributed by atoms with Crippen LogP contribution in [0.15, 0.2) is 42.5 Å². The van der Waals surface area contributed by atoms with Crippen molar-refractivity contribution < 1.29 is 9.53 Å². The van der Waals surface area contributed by atoms with Gasteiger partial charge in [-0.25, -0.2) is 0 Å². The van der Waals surface area contributed by atoms with E-state index in [0.29, 0.717) is 12.1 Å². The van der Waals surface area contributed by atoms with Gasteiger partial charge in [-0.2, -0.15) is 11.8 Å². The molecule has 0 aliphatic rings. The van der Waals surface area contributed by atoms with E-state index >= 15 is 0 Å². The van der Waals surface area contributed by atoms with Crippen LogP contribution in [-0.2, 0) is 5.75 Å². The molecular formula is C18H20ClNO2S. The molecule has 5 heteroatoms. The van der Waals surface area contributed by atoms with Crippen molar-refractivity contribution in [2.24, 2.45) is 0 Å². The fourth-order valence-electron chi connectivity index (χ4n) is 2.18. The molecule has 1 N–H and O–H groups in total. The number of hydrogen-bond acceptors (Lipinski definition) is 3. The number of amides is 1. The Hall–Kier alpha value is -1.65. The number of aryl methyl sites for hydroxylation is 1. The number of rotatable bonds is 7. The van der Waals surface area contributed by atoms with E-state index in [0.717, 1.165) is 27.8 Å². The maximum absolute atomic E-state index is 12.1. The molecule has 23 heavy (non-hydrogen) atoms. The van der Waals surface area contributed by atoms with E-state index in [-0.39, 0.29) is 5.91 Å². The molecule has 0 aliphatic carbocycles. The third-order valence-corrected chi connectivity index (χ3v) is 4.61. The summed E-state index contributed by atoms with van der Waals surface area (Å²) in [5, 5.41) is 3.69. The van der Waals surface area contributed by atoms with Crippen molar-refractivity contribution in [1.29, 1.82) is 0 Å². The quantitative estimate of drug-likeness (QED) is 0.756. The highest BCUT2D eigenvalue weighted by molar-refractivity contribution is 7.98. The lowest BCUT2D eigenvalue weighted by Gasteiger charge is -2.08. The van der Waals surface area contributed by atoms with E-state index in [1.165, 1.54) is 5.56 Å². The number of halogens is 1. The van der Waals surface area contributed by atoms with Gasteiger partial charge >= 0.3 is 0 Å². The van der Waals surface area contributed by atoms with Crippen LogP contribution in [0, 0.1) is 6.92 Å². The van der Waals surface area contributed by atoms with Crippen LogP contribution >= 0.6 is 23.4 Å². The summed E-state index contributed by atoms with van der Waals surface area (Å²) in [6.07, 6.45) is 0. The number of ether oxygens (including phenoxy) is 1. The Balaban J connectivity index is 1.73. The van der Waals surface area contributed by atoms with Gasteiger partial charge in [0.2, 0.25) is 0 Å². The van der Waals surface area contributed by atoms with Gasteiger partial charge in [-0.1, -0.05) is 23.7 Å². The molecule has 2 rings (SSSR count). The molecule has 0 radical (unpaired) electrons. The van der Waals surface area contributed by atoms with Crippen molar-refractivity contribution >= 4 is 29.3 Å². The molecule has 0 aromatic heterocycles. The highest BCUT2D eigenvalue weighted by Crippen LogP contribution is 2.18. The minimum absolute atomic E-state index is 0.0564. The Bertz CT molecular complexity index is 676. The summed E-state index contributed by atoms with van der Waals surface area (Å²) in [4.78, 5) is 12.1. The minimum Gasteiger partial charge on any atom is -0.496 e. The Morgan fingerprint density at radius 1 is 1.26 bits per heavy atom. The molecule has 122 valence electrons. The van der Waals surface area contributed by atoms with Crippen molar-refractivity contribution in [1.82, 2.24) is 5.32 Å². The largest absolute Gasteiger partial charge is 0.496 e. The van der Waals surface area contributed by atoms with Gasteiger partial charge in [-0.05, 0) is 48.4 Å². The van der Waals surface area contributed by atoms with Gasteiger partial charge < -0.3 is 10.1 Å². The fourth-order valence-corrected chi connectivity index (χ4v) is 3.19. The lowest BCUT2D eigenvalue weighted by molar-refractivity contribution is 0.0956. The summed E-state index contributed by atoms with van der Waals surface area (Å²) >= 11 is 7.72. The molecule has 0 atom stereocenters. The van der Waals surface area contributed by atoms with E-state index in [2.05, 4.69) is 11.4 Å². The third-order valence-electron chi connectivity index (χ3n) is 3.35. The topological polar surface area (TPSA) is 38.3 Å². The predicted molar refractivity (Wildman–Crippen MR) is 97.7 cm³/mol. The molecule has 0 fully saturated rings. The van der Waals surface area contributed by atoms with Gasteiger partial charge in [-0.15, -0.1) is 0 Å². The van der Waals surface area contributed by atoms with E-state index in [1.54, 1.807) is 24.9 Å². The number of hydrogen-bond donors (Lipinski definition) is 1. The second-order valence-corrected chi connectivity index (χ2v) is 6.66. The van der Waals surface area contributed by atoms with E-state index in [9.17, 15) is 4.79 Å². The van der Waals surface area contributed by atoms with Crippen LogP contribution in [0.25, 0.3) is 0 Å². The summed E-state index contributed by atoms with van der Waals surface area (Å²) in [6.45, 7) is 2.56. The molecule has 0 saturated heterocycles. The maximum atomic E-state index is 12.1. The van der Waals surface area contributed by atoms with E-state index in [4.69, 9.17) is 16.3 Å². The van der Waals surface area contributed by atoms with Crippen molar-refractivity contribution in [3.05, 3.63) is 64.2 Å². The van der Waals surface area contributed by atoms with Crippen LogP contribution < -0.4 is 10.1 Å². The van der Waals surface area contributed by atoms with E-state index in [1.807, 2.05) is 37.3 Å². The molecule has 2 aromatic rings. The zero-order chi connectivity index (χ0) is 16.7. The van der Waals surface area contributed by atoms with Gasteiger partial charge in [0.25, 0.3) is 5.91 Å². The highest BCUT2D eigenvalue weighted by atomic mass is 35.5. The average Bonchev–Trinajstić information content (AvgIpc) is 2.54. The van der Waals surface area contributed by atoms with Crippen LogP contribution in [0.4, 0.5) is 0 Å². The highest BCUT2D eigenvalue weighted by Gasteiger charge is 2.07. The number of nitrogens with one attached hydrogen (secondary N) is 1. The first kappa shape index (κ1) is 17.7. The SMILES string of the molecule is COc1ccc(C(=O)NCCSCc2cccc(Cl)c2)cc1C. The molecule has 0 unspecified atom stereocenters. The summed E-state index contributed by atoms with van der Waals surface area (Å²) in [7, 11) is 1.62. The van der Waals surface area contributed by atoms with Crippen LogP contribution in [0.2, 0.25) is 5.02 Å². The average molecular weight is 350 g/mol. The molecule has 0 bridgehead atoms. The standard InChI is InChI=1S/C18H20ClNO2S/c1-13-10-15(6-7-17(13)22-2)18(21)20-8-9-23-12-14-4-3-5-16(19)11-14/h3-7,10-11H,8-9,12H2,1-2H3,(H,20,21). The Morgan fingerprint density at radius 3 is 2.78 bits per heavy atom.